The van der Waals surface area contributed by atoms with E-state index in [0.717, 1.165) is 6.42 Å². The van der Waals surface area contributed by atoms with Crippen molar-refractivity contribution in [1.29, 1.82) is 0 Å². The summed E-state index contributed by atoms with van der Waals surface area (Å²) in [6.45, 7) is 2.16. The van der Waals surface area contributed by atoms with Gasteiger partial charge in [0.2, 0.25) is 0 Å². The normalized spacial score (nSPS) is 13.1. The number of hydrogen-bond acceptors (Lipinski definition) is 1. The van der Waals surface area contributed by atoms with E-state index in [1.165, 1.54) is 30.9 Å². The number of rotatable bonds is 1. The lowest BCUT2D eigenvalue weighted by Crippen LogP contribution is -1.87. The van der Waals surface area contributed by atoms with Crippen LogP contribution in [-0.2, 0) is 6.42 Å². The first-order valence-corrected chi connectivity index (χ1v) is 6.91. The van der Waals surface area contributed by atoms with Crippen molar-refractivity contribution in [2.75, 3.05) is 0 Å². The van der Waals surface area contributed by atoms with Gasteiger partial charge in [-0.2, -0.15) is 0 Å². The minimum atomic E-state index is 1.06. The molecule has 0 amide bonds. The lowest BCUT2D eigenvalue weighted by Gasteiger charge is -2.08. The Kier molecular flexibility index (Phi) is 2.49. The molecule has 0 unspecified atom stereocenters. The van der Waals surface area contributed by atoms with Crippen LogP contribution in [0.25, 0.3) is 16.5 Å². The fourth-order valence-corrected chi connectivity index (χ4v) is 3.56. The van der Waals surface area contributed by atoms with Crippen molar-refractivity contribution in [2.24, 2.45) is 0 Å². The molecule has 1 aromatic heterocycles. The summed E-state index contributed by atoms with van der Waals surface area (Å²) >= 11 is 5.48. The highest BCUT2D eigenvalue weighted by atomic mass is 79.9. The van der Waals surface area contributed by atoms with E-state index in [1.807, 2.05) is 11.3 Å². The number of hydrogen-bond donors (Lipinski definition) is 0. The molecule has 0 saturated heterocycles. The predicted octanol–water partition coefficient (Wildman–Crippen LogP) is 5.06. The lowest BCUT2D eigenvalue weighted by atomic mass is 10.0. The van der Waals surface area contributed by atoms with E-state index in [0.29, 0.717) is 0 Å². The summed E-state index contributed by atoms with van der Waals surface area (Å²) in [4.78, 5) is 2.75. The molecule has 3 rings (SSSR count). The van der Waals surface area contributed by atoms with Crippen molar-refractivity contribution in [1.82, 2.24) is 0 Å². The molecule has 0 spiro atoms. The van der Waals surface area contributed by atoms with Crippen molar-refractivity contribution in [3.63, 3.8) is 0 Å². The van der Waals surface area contributed by atoms with Gasteiger partial charge < -0.3 is 0 Å². The monoisotopic (exact) mass is 290 g/mol. The van der Waals surface area contributed by atoms with Gasteiger partial charge in [0.1, 0.15) is 0 Å². The van der Waals surface area contributed by atoms with Gasteiger partial charge in [0.15, 0.2) is 0 Å². The second kappa shape index (κ2) is 3.86. The number of aryl methyl sites for hydroxylation is 1. The molecular formula is C14H11BrS. The Labute approximate surface area is 108 Å². The van der Waals surface area contributed by atoms with Gasteiger partial charge in [0.25, 0.3) is 0 Å². The van der Waals surface area contributed by atoms with Crippen LogP contribution < -0.4 is 0 Å². The van der Waals surface area contributed by atoms with Gasteiger partial charge in [-0.25, -0.2) is 0 Å². The van der Waals surface area contributed by atoms with Gasteiger partial charge >= 0.3 is 0 Å². The van der Waals surface area contributed by atoms with Crippen LogP contribution in [0.2, 0.25) is 0 Å². The number of halogens is 1. The molecule has 0 N–H and O–H groups in total. The fraction of sp³-hybridized carbons (Fsp3) is 0.143. The van der Waals surface area contributed by atoms with Gasteiger partial charge in [-0.05, 0) is 48.2 Å². The molecule has 0 bridgehead atoms. The Bertz CT molecular complexity index is 578. The van der Waals surface area contributed by atoms with E-state index >= 15 is 0 Å². The predicted molar refractivity (Wildman–Crippen MR) is 74.9 cm³/mol. The first-order valence-electron chi connectivity index (χ1n) is 5.30. The Hall–Kier alpha value is -0.860. The summed E-state index contributed by atoms with van der Waals surface area (Å²) in [7, 11) is 0. The van der Waals surface area contributed by atoms with Crippen molar-refractivity contribution >= 4 is 33.3 Å². The van der Waals surface area contributed by atoms with Crippen molar-refractivity contribution < 1.29 is 0 Å². The molecule has 0 nitrogen and oxygen atoms in total. The van der Waals surface area contributed by atoms with Gasteiger partial charge in [0, 0.05) is 14.2 Å². The van der Waals surface area contributed by atoms with Crippen LogP contribution in [0.3, 0.4) is 0 Å². The third kappa shape index (κ3) is 1.57. The summed E-state index contributed by atoms with van der Waals surface area (Å²) in [6, 6.07) is 8.79. The largest absolute Gasteiger partial charge is 0.141 e. The molecule has 0 atom stereocenters. The second-order valence-corrected chi connectivity index (χ2v) is 6.15. The van der Waals surface area contributed by atoms with Crippen LogP contribution in [0.1, 0.15) is 16.0 Å². The van der Waals surface area contributed by atoms with Crippen molar-refractivity contribution in [3.8, 4) is 10.4 Å². The molecule has 80 valence electrons. The van der Waals surface area contributed by atoms with Gasteiger partial charge in [-0.3, -0.25) is 0 Å². The van der Waals surface area contributed by atoms with Gasteiger partial charge in [0.05, 0.1) is 0 Å². The SMILES string of the molecule is Cc1ccc(-c2ccc(Br)c3c2CC=C3)s1. The minimum absolute atomic E-state index is 1.06. The second-order valence-electron chi connectivity index (χ2n) is 4.00. The maximum absolute atomic E-state index is 3.61. The zero-order chi connectivity index (χ0) is 11.1. The first kappa shape index (κ1) is 10.3. The zero-order valence-electron chi connectivity index (χ0n) is 8.96. The molecule has 2 heteroatoms. The zero-order valence-corrected chi connectivity index (χ0v) is 11.4. The first-order chi connectivity index (χ1) is 7.75. The third-order valence-corrected chi connectivity index (χ3v) is 4.64. The highest BCUT2D eigenvalue weighted by Crippen LogP contribution is 2.38. The van der Waals surface area contributed by atoms with E-state index in [-0.39, 0.29) is 0 Å². The molecule has 0 fully saturated rings. The van der Waals surface area contributed by atoms with E-state index in [4.69, 9.17) is 0 Å². The Morgan fingerprint density at radius 2 is 2.06 bits per heavy atom. The molecule has 2 aromatic rings. The molecule has 0 radical (unpaired) electrons. The van der Waals surface area contributed by atoms with E-state index in [1.54, 1.807) is 0 Å². The average molecular weight is 291 g/mol. The number of allylic oxidation sites excluding steroid dienone is 1. The Morgan fingerprint density at radius 1 is 1.19 bits per heavy atom. The lowest BCUT2D eigenvalue weighted by molar-refractivity contribution is 1.31. The molecule has 0 saturated carbocycles. The van der Waals surface area contributed by atoms with E-state index in [2.05, 4.69) is 59.3 Å². The summed E-state index contributed by atoms with van der Waals surface area (Å²) < 4.78 is 1.20. The number of benzene rings is 1. The summed E-state index contributed by atoms with van der Waals surface area (Å²) in [5, 5.41) is 0. The number of fused-ring (bicyclic) bond motifs is 1. The summed E-state index contributed by atoms with van der Waals surface area (Å²) in [5.74, 6) is 0. The summed E-state index contributed by atoms with van der Waals surface area (Å²) in [6.07, 6.45) is 5.50. The van der Waals surface area contributed by atoms with Crippen LogP contribution in [-0.4, -0.2) is 0 Å². The summed E-state index contributed by atoms with van der Waals surface area (Å²) in [5.41, 5.74) is 4.20. The molecule has 1 aliphatic rings. The van der Waals surface area contributed by atoms with E-state index in [9.17, 15) is 0 Å². The Morgan fingerprint density at radius 3 is 2.81 bits per heavy atom. The molecule has 1 aliphatic carbocycles. The van der Waals surface area contributed by atoms with E-state index < -0.39 is 0 Å². The maximum Gasteiger partial charge on any atom is 0.0348 e. The smallest absolute Gasteiger partial charge is 0.0348 e. The van der Waals surface area contributed by atoms with Crippen LogP contribution in [0.5, 0.6) is 0 Å². The van der Waals surface area contributed by atoms with Crippen LogP contribution in [0.15, 0.2) is 34.8 Å². The standard InChI is InChI=1S/C14H11BrS/c1-9-5-8-14(16-9)12-6-7-13(15)11-4-2-3-10(11)12/h2,4-8H,3H2,1H3. The van der Waals surface area contributed by atoms with Crippen LogP contribution in [0, 0.1) is 6.92 Å². The fourth-order valence-electron chi connectivity index (χ4n) is 2.14. The van der Waals surface area contributed by atoms with Crippen molar-refractivity contribution in [2.45, 2.75) is 13.3 Å². The highest BCUT2D eigenvalue weighted by molar-refractivity contribution is 9.10. The quantitative estimate of drug-likeness (QED) is 0.689. The van der Waals surface area contributed by atoms with Crippen LogP contribution >= 0.6 is 27.3 Å². The molecule has 1 heterocycles. The number of thiophene rings is 1. The molecule has 16 heavy (non-hydrogen) atoms. The molecule has 1 aromatic carbocycles. The third-order valence-electron chi connectivity index (χ3n) is 2.92. The minimum Gasteiger partial charge on any atom is -0.141 e. The van der Waals surface area contributed by atoms with Crippen molar-refractivity contribution in [3.05, 3.63) is 50.8 Å². The average Bonchev–Trinajstić information content (AvgIpc) is 2.87. The highest BCUT2D eigenvalue weighted by Gasteiger charge is 2.15. The molecular weight excluding hydrogens is 280 g/mol. The Balaban J connectivity index is 2.21. The topological polar surface area (TPSA) is 0 Å². The van der Waals surface area contributed by atoms with Crippen LogP contribution in [0.4, 0.5) is 0 Å². The van der Waals surface area contributed by atoms with Gasteiger partial charge in [-0.15, -0.1) is 11.3 Å². The molecule has 0 aliphatic heterocycles. The maximum atomic E-state index is 3.61. The van der Waals surface area contributed by atoms with Gasteiger partial charge in [-0.1, -0.05) is 34.1 Å².